The lowest BCUT2D eigenvalue weighted by Crippen LogP contribution is -2.02. The third kappa shape index (κ3) is 1.67. The highest BCUT2D eigenvalue weighted by Gasteiger charge is 2.09. The molecule has 2 rings (SSSR count). The summed E-state index contributed by atoms with van der Waals surface area (Å²) in [7, 11) is 0. The molecule has 74 valence electrons. The van der Waals surface area contributed by atoms with Crippen LogP contribution >= 0.6 is 11.6 Å². The van der Waals surface area contributed by atoms with Crippen molar-refractivity contribution in [2.45, 2.75) is 6.92 Å². The second kappa shape index (κ2) is 3.67. The summed E-state index contributed by atoms with van der Waals surface area (Å²) in [6, 6.07) is 1.95. The smallest absolute Gasteiger partial charge is 0.190 e. The van der Waals surface area contributed by atoms with Gasteiger partial charge in [-0.2, -0.15) is 10.4 Å². The van der Waals surface area contributed by atoms with Gasteiger partial charge in [0.2, 0.25) is 0 Å². The highest BCUT2D eigenvalue weighted by molar-refractivity contribution is 6.31. The first-order chi connectivity index (χ1) is 7.22. The number of hydrogen-bond acceptors (Lipinski definition) is 4. The topological polar surface area (TPSA) is 67.4 Å². The maximum atomic E-state index is 8.83. The molecule has 0 aromatic carbocycles. The summed E-state index contributed by atoms with van der Waals surface area (Å²) < 4.78 is 1.45. The van der Waals surface area contributed by atoms with Crippen LogP contribution in [0.1, 0.15) is 11.4 Å². The van der Waals surface area contributed by atoms with Crippen LogP contribution in [-0.4, -0.2) is 19.7 Å². The van der Waals surface area contributed by atoms with Gasteiger partial charge in [-0.1, -0.05) is 11.6 Å². The summed E-state index contributed by atoms with van der Waals surface area (Å²) in [5.41, 5.74) is 0.905. The van der Waals surface area contributed by atoms with Gasteiger partial charge in [0.15, 0.2) is 11.5 Å². The normalized spacial score (nSPS) is 9.93. The van der Waals surface area contributed by atoms with E-state index in [4.69, 9.17) is 16.9 Å². The molecule has 0 N–H and O–H groups in total. The van der Waals surface area contributed by atoms with Crippen LogP contribution in [0.4, 0.5) is 0 Å². The van der Waals surface area contributed by atoms with E-state index >= 15 is 0 Å². The Morgan fingerprint density at radius 3 is 2.73 bits per heavy atom. The molecule has 2 heterocycles. The molecule has 0 saturated carbocycles. The van der Waals surface area contributed by atoms with Crippen molar-refractivity contribution in [3.05, 3.63) is 35.0 Å². The van der Waals surface area contributed by atoms with Crippen molar-refractivity contribution in [1.29, 1.82) is 5.26 Å². The molecular weight excluding hydrogens is 214 g/mol. The molecule has 0 aliphatic rings. The van der Waals surface area contributed by atoms with Crippen molar-refractivity contribution in [3.8, 4) is 11.9 Å². The Bertz CT molecular complexity index is 520. The van der Waals surface area contributed by atoms with E-state index < -0.39 is 0 Å². The monoisotopic (exact) mass is 219 g/mol. The molecule has 0 aliphatic heterocycles. The molecule has 0 fully saturated rings. The Kier molecular flexibility index (Phi) is 2.35. The number of aromatic nitrogens is 4. The lowest BCUT2D eigenvalue weighted by atomic mass is 10.4. The molecule has 0 bridgehead atoms. The van der Waals surface area contributed by atoms with E-state index in [1.165, 1.54) is 17.1 Å². The van der Waals surface area contributed by atoms with Gasteiger partial charge >= 0.3 is 0 Å². The molecule has 0 radical (unpaired) electrons. The lowest BCUT2D eigenvalue weighted by Gasteiger charge is -1.99. The minimum atomic E-state index is 0.219. The van der Waals surface area contributed by atoms with Crippen LogP contribution in [0.15, 0.2) is 18.6 Å². The fourth-order valence-electron chi connectivity index (χ4n) is 1.12. The van der Waals surface area contributed by atoms with E-state index in [0.717, 1.165) is 0 Å². The quantitative estimate of drug-likeness (QED) is 0.729. The van der Waals surface area contributed by atoms with Crippen LogP contribution < -0.4 is 0 Å². The van der Waals surface area contributed by atoms with Gasteiger partial charge in [-0.3, -0.25) is 0 Å². The van der Waals surface area contributed by atoms with E-state index in [-0.39, 0.29) is 5.69 Å². The van der Waals surface area contributed by atoms with Gasteiger partial charge in [-0.15, -0.1) is 0 Å². The standard InChI is InChI=1S/C9H6ClN5/c1-6-7(10)5-15(14-6)9-8(4-11)12-2-3-13-9/h2-3,5H,1H3. The zero-order chi connectivity index (χ0) is 10.8. The van der Waals surface area contributed by atoms with E-state index in [1.54, 1.807) is 13.1 Å². The molecular formula is C9H6ClN5. The second-order valence-electron chi connectivity index (χ2n) is 2.85. The van der Waals surface area contributed by atoms with E-state index in [2.05, 4.69) is 15.1 Å². The van der Waals surface area contributed by atoms with Gasteiger partial charge < -0.3 is 0 Å². The molecule has 6 heteroatoms. The maximum absolute atomic E-state index is 8.83. The van der Waals surface area contributed by atoms with Gasteiger partial charge in [0, 0.05) is 12.4 Å². The molecule has 0 spiro atoms. The molecule has 0 atom stereocenters. The lowest BCUT2D eigenvalue weighted by molar-refractivity contribution is 0.819. The summed E-state index contributed by atoms with van der Waals surface area (Å²) >= 11 is 5.86. The molecule has 0 unspecified atom stereocenters. The fraction of sp³-hybridized carbons (Fsp3) is 0.111. The maximum Gasteiger partial charge on any atom is 0.190 e. The summed E-state index contributed by atoms with van der Waals surface area (Å²) in [4.78, 5) is 7.92. The number of halogens is 1. The van der Waals surface area contributed by atoms with E-state index in [1.807, 2.05) is 6.07 Å². The Hall–Kier alpha value is -1.93. The number of nitriles is 1. The van der Waals surface area contributed by atoms with Crippen molar-refractivity contribution in [2.75, 3.05) is 0 Å². The van der Waals surface area contributed by atoms with Crippen molar-refractivity contribution < 1.29 is 0 Å². The third-order valence-electron chi connectivity index (χ3n) is 1.84. The molecule has 0 aliphatic carbocycles. The number of hydrogen-bond donors (Lipinski definition) is 0. The van der Waals surface area contributed by atoms with Gasteiger partial charge in [0.25, 0.3) is 0 Å². The molecule has 0 saturated heterocycles. The molecule has 2 aromatic heterocycles. The second-order valence-corrected chi connectivity index (χ2v) is 3.25. The zero-order valence-electron chi connectivity index (χ0n) is 7.85. The van der Waals surface area contributed by atoms with Gasteiger partial charge in [-0.25, -0.2) is 14.6 Å². The van der Waals surface area contributed by atoms with Gasteiger partial charge in [0.1, 0.15) is 6.07 Å². The Labute approximate surface area is 91.0 Å². The molecule has 5 nitrogen and oxygen atoms in total. The van der Waals surface area contributed by atoms with Crippen molar-refractivity contribution in [3.63, 3.8) is 0 Å². The average molecular weight is 220 g/mol. The first-order valence-electron chi connectivity index (χ1n) is 4.15. The molecule has 0 amide bonds. The van der Waals surface area contributed by atoms with Crippen LogP contribution in [0.2, 0.25) is 5.02 Å². The Morgan fingerprint density at radius 2 is 2.13 bits per heavy atom. The predicted octanol–water partition coefficient (Wildman–Crippen LogP) is 1.50. The predicted molar refractivity (Wildman–Crippen MR) is 53.6 cm³/mol. The first kappa shape index (κ1) is 9.62. The third-order valence-corrected chi connectivity index (χ3v) is 2.21. The minimum absolute atomic E-state index is 0.219. The van der Waals surface area contributed by atoms with E-state index in [0.29, 0.717) is 16.5 Å². The highest BCUT2D eigenvalue weighted by Crippen LogP contribution is 2.15. The van der Waals surface area contributed by atoms with Crippen LogP contribution in [0.25, 0.3) is 5.82 Å². The summed E-state index contributed by atoms with van der Waals surface area (Å²) in [6.45, 7) is 1.78. The van der Waals surface area contributed by atoms with Crippen molar-refractivity contribution in [1.82, 2.24) is 19.7 Å². The number of rotatable bonds is 1. The fourth-order valence-corrected chi connectivity index (χ4v) is 1.25. The average Bonchev–Trinajstić information content (AvgIpc) is 2.59. The number of nitrogens with zero attached hydrogens (tertiary/aromatic N) is 5. The SMILES string of the molecule is Cc1nn(-c2nccnc2C#N)cc1Cl. The van der Waals surface area contributed by atoms with Crippen molar-refractivity contribution >= 4 is 11.6 Å². The summed E-state index contributed by atoms with van der Waals surface area (Å²) in [5.74, 6) is 0.384. The van der Waals surface area contributed by atoms with E-state index in [9.17, 15) is 0 Å². The van der Waals surface area contributed by atoms with Gasteiger partial charge in [-0.05, 0) is 6.92 Å². The van der Waals surface area contributed by atoms with Crippen LogP contribution in [0.5, 0.6) is 0 Å². The number of aryl methyl sites for hydroxylation is 1. The van der Waals surface area contributed by atoms with Gasteiger partial charge in [0.05, 0.1) is 16.9 Å². The summed E-state index contributed by atoms with van der Waals surface area (Å²) in [5, 5.41) is 13.5. The first-order valence-corrected chi connectivity index (χ1v) is 4.53. The van der Waals surface area contributed by atoms with Crippen LogP contribution in [0, 0.1) is 18.3 Å². The zero-order valence-corrected chi connectivity index (χ0v) is 8.60. The molecule has 15 heavy (non-hydrogen) atoms. The van der Waals surface area contributed by atoms with Crippen molar-refractivity contribution in [2.24, 2.45) is 0 Å². The highest BCUT2D eigenvalue weighted by atomic mass is 35.5. The summed E-state index contributed by atoms with van der Waals surface area (Å²) in [6.07, 6.45) is 4.56. The minimum Gasteiger partial charge on any atom is -0.240 e. The molecule has 2 aromatic rings. The van der Waals surface area contributed by atoms with Crippen LogP contribution in [-0.2, 0) is 0 Å². The van der Waals surface area contributed by atoms with Crippen LogP contribution in [0.3, 0.4) is 0 Å². The Morgan fingerprint density at radius 1 is 1.40 bits per heavy atom. The largest absolute Gasteiger partial charge is 0.240 e. The Balaban J connectivity index is 2.59.